The average Bonchev–Trinajstić information content (AvgIpc) is 3.11. The van der Waals surface area contributed by atoms with E-state index in [0.717, 1.165) is 5.56 Å². The number of benzene rings is 1. The number of carbonyl (C=O) groups excluding carboxylic acids is 1. The minimum Gasteiger partial charge on any atom is -0.352 e. The molecule has 134 valence electrons. The Balaban J connectivity index is 1.93. The number of pyridine rings is 1. The lowest BCUT2D eigenvalue weighted by atomic mass is 10.2. The molecule has 0 saturated carbocycles. The topological polar surface area (TPSA) is 71.8 Å². The fraction of sp³-hybridized carbons (Fsp3) is 0.167. The van der Waals surface area contributed by atoms with Gasteiger partial charge in [-0.15, -0.1) is 0 Å². The van der Waals surface area contributed by atoms with Gasteiger partial charge in [-0.3, -0.25) is 4.79 Å². The number of rotatable bonds is 6. The number of hydrogen-bond donors (Lipinski definition) is 2. The first-order valence-corrected chi connectivity index (χ1v) is 7.92. The van der Waals surface area contributed by atoms with Crippen molar-refractivity contribution in [1.82, 2.24) is 20.1 Å². The maximum absolute atomic E-state index is 13.1. The van der Waals surface area contributed by atoms with Gasteiger partial charge in [-0.2, -0.15) is 5.10 Å². The molecule has 8 heteroatoms. The van der Waals surface area contributed by atoms with E-state index in [2.05, 4.69) is 20.7 Å². The molecule has 0 bridgehead atoms. The van der Waals surface area contributed by atoms with Crippen molar-refractivity contribution in [2.45, 2.75) is 20.1 Å². The van der Waals surface area contributed by atoms with Crippen molar-refractivity contribution in [2.75, 3.05) is 5.32 Å². The predicted octanol–water partition coefficient (Wildman–Crippen LogP) is 3.26. The molecule has 2 aromatic heterocycles. The van der Waals surface area contributed by atoms with Crippen molar-refractivity contribution < 1.29 is 13.6 Å². The number of carbonyl (C=O) groups is 1. The third-order valence-corrected chi connectivity index (χ3v) is 3.55. The molecule has 0 atom stereocenters. The Morgan fingerprint density at radius 1 is 1.19 bits per heavy atom. The maximum atomic E-state index is 13.1. The summed E-state index contributed by atoms with van der Waals surface area (Å²) in [6.45, 7) is 1.07. The van der Waals surface area contributed by atoms with Gasteiger partial charge in [0.25, 0.3) is 0 Å². The van der Waals surface area contributed by atoms with Crippen molar-refractivity contribution in [3.63, 3.8) is 0 Å². The van der Waals surface area contributed by atoms with E-state index in [4.69, 9.17) is 0 Å². The van der Waals surface area contributed by atoms with E-state index in [0.29, 0.717) is 29.6 Å². The Bertz CT molecular complexity index is 908. The van der Waals surface area contributed by atoms with Crippen LogP contribution in [0.15, 0.2) is 48.7 Å². The minimum atomic E-state index is -0.667. The van der Waals surface area contributed by atoms with Crippen LogP contribution in [-0.4, -0.2) is 20.7 Å². The van der Waals surface area contributed by atoms with Crippen LogP contribution in [0.2, 0.25) is 0 Å². The maximum Gasteiger partial charge on any atom is 0.217 e. The molecular formula is C18H17F2N5O. The largest absolute Gasteiger partial charge is 0.352 e. The summed E-state index contributed by atoms with van der Waals surface area (Å²) >= 11 is 0. The van der Waals surface area contributed by atoms with E-state index in [1.165, 1.54) is 23.7 Å². The second kappa shape index (κ2) is 7.73. The first-order valence-electron chi connectivity index (χ1n) is 7.92. The van der Waals surface area contributed by atoms with Gasteiger partial charge in [-0.1, -0.05) is 0 Å². The molecule has 1 aromatic carbocycles. The Labute approximate surface area is 148 Å². The number of anilines is 2. The monoisotopic (exact) mass is 357 g/mol. The van der Waals surface area contributed by atoms with Crippen LogP contribution in [0.25, 0.3) is 5.82 Å². The van der Waals surface area contributed by atoms with Gasteiger partial charge in [0.2, 0.25) is 5.91 Å². The Morgan fingerprint density at radius 2 is 1.96 bits per heavy atom. The SMILES string of the molecule is CC(=O)NCc1cc(Nc2ccc(F)cc2)nc(-n2ccc(CF)n2)c1. The molecule has 0 unspecified atom stereocenters. The number of hydrogen-bond acceptors (Lipinski definition) is 4. The average molecular weight is 357 g/mol. The molecule has 0 fully saturated rings. The van der Waals surface area contributed by atoms with Crippen molar-refractivity contribution in [3.8, 4) is 5.82 Å². The summed E-state index contributed by atoms with van der Waals surface area (Å²) < 4.78 is 27.3. The fourth-order valence-electron chi connectivity index (χ4n) is 2.32. The highest BCUT2D eigenvalue weighted by Crippen LogP contribution is 2.19. The molecule has 2 heterocycles. The summed E-state index contributed by atoms with van der Waals surface area (Å²) in [5.41, 5.74) is 1.74. The van der Waals surface area contributed by atoms with Gasteiger partial charge < -0.3 is 10.6 Å². The van der Waals surface area contributed by atoms with Gasteiger partial charge >= 0.3 is 0 Å². The highest BCUT2D eigenvalue weighted by atomic mass is 19.1. The van der Waals surface area contributed by atoms with Crippen LogP contribution >= 0.6 is 0 Å². The zero-order valence-electron chi connectivity index (χ0n) is 14.0. The number of alkyl halides is 1. The van der Waals surface area contributed by atoms with Crippen LogP contribution < -0.4 is 10.6 Å². The molecule has 1 amide bonds. The van der Waals surface area contributed by atoms with Gasteiger partial charge in [-0.05, 0) is 48.0 Å². The lowest BCUT2D eigenvalue weighted by Crippen LogP contribution is -2.19. The molecule has 0 spiro atoms. The second-order valence-electron chi connectivity index (χ2n) is 5.65. The first-order chi connectivity index (χ1) is 12.5. The third kappa shape index (κ3) is 4.41. The van der Waals surface area contributed by atoms with Crippen LogP contribution in [0.3, 0.4) is 0 Å². The summed E-state index contributed by atoms with van der Waals surface area (Å²) in [6, 6.07) is 10.9. The zero-order valence-corrected chi connectivity index (χ0v) is 14.0. The quantitative estimate of drug-likeness (QED) is 0.710. The summed E-state index contributed by atoms with van der Waals surface area (Å²) in [4.78, 5) is 15.6. The number of nitrogens with one attached hydrogen (secondary N) is 2. The fourth-order valence-corrected chi connectivity index (χ4v) is 2.32. The third-order valence-electron chi connectivity index (χ3n) is 3.55. The first kappa shape index (κ1) is 17.5. The van der Waals surface area contributed by atoms with Crippen LogP contribution in [0, 0.1) is 5.82 Å². The zero-order chi connectivity index (χ0) is 18.5. The van der Waals surface area contributed by atoms with E-state index < -0.39 is 6.67 Å². The summed E-state index contributed by atoms with van der Waals surface area (Å²) in [7, 11) is 0. The number of nitrogens with zero attached hydrogens (tertiary/aromatic N) is 3. The molecule has 3 rings (SSSR count). The molecule has 6 nitrogen and oxygen atoms in total. The van der Waals surface area contributed by atoms with Crippen molar-refractivity contribution >= 4 is 17.4 Å². The van der Waals surface area contributed by atoms with E-state index >= 15 is 0 Å². The highest BCUT2D eigenvalue weighted by molar-refractivity contribution is 5.72. The molecule has 0 radical (unpaired) electrons. The van der Waals surface area contributed by atoms with Crippen molar-refractivity contribution in [1.29, 1.82) is 0 Å². The molecule has 0 aliphatic rings. The van der Waals surface area contributed by atoms with E-state index in [1.54, 1.807) is 36.5 Å². The molecule has 0 saturated heterocycles. The molecule has 0 aliphatic heterocycles. The van der Waals surface area contributed by atoms with Gasteiger partial charge in [0.15, 0.2) is 5.82 Å². The Kier molecular flexibility index (Phi) is 5.21. The summed E-state index contributed by atoms with van der Waals surface area (Å²) in [5, 5.41) is 9.92. The minimum absolute atomic E-state index is 0.157. The van der Waals surface area contributed by atoms with Gasteiger partial charge in [0, 0.05) is 25.4 Å². The van der Waals surface area contributed by atoms with E-state index in [1.807, 2.05) is 0 Å². The van der Waals surface area contributed by atoms with Crippen LogP contribution in [0.4, 0.5) is 20.3 Å². The molecular weight excluding hydrogens is 340 g/mol. The smallest absolute Gasteiger partial charge is 0.217 e. The van der Waals surface area contributed by atoms with E-state index in [-0.39, 0.29) is 11.7 Å². The van der Waals surface area contributed by atoms with Gasteiger partial charge in [-0.25, -0.2) is 18.4 Å². The summed E-state index contributed by atoms with van der Waals surface area (Å²) in [5.74, 6) is 0.470. The normalized spacial score (nSPS) is 10.6. The summed E-state index contributed by atoms with van der Waals surface area (Å²) in [6.07, 6.45) is 1.61. The second-order valence-corrected chi connectivity index (χ2v) is 5.65. The van der Waals surface area contributed by atoms with E-state index in [9.17, 15) is 13.6 Å². The van der Waals surface area contributed by atoms with Crippen LogP contribution in [0.5, 0.6) is 0 Å². The number of amides is 1. The van der Waals surface area contributed by atoms with Crippen LogP contribution in [-0.2, 0) is 18.0 Å². The molecule has 0 aliphatic carbocycles. The van der Waals surface area contributed by atoms with Crippen molar-refractivity contribution in [3.05, 3.63) is 65.7 Å². The standard InChI is InChI=1S/C18H17F2N5O/c1-12(26)21-11-13-8-17(22-15-4-2-14(20)3-5-15)23-18(9-13)25-7-6-16(10-19)24-25/h2-9H,10-11H2,1H3,(H,21,26)(H,22,23). The highest BCUT2D eigenvalue weighted by Gasteiger charge is 2.08. The Morgan fingerprint density at radius 3 is 2.62 bits per heavy atom. The van der Waals surface area contributed by atoms with Crippen LogP contribution in [0.1, 0.15) is 18.2 Å². The number of halogens is 2. The molecule has 2 N–H and O–H groups in total. The molecule has 26 heavy (non-hydrogen) atoms. The number of aromatic nitrogens is 3. The van der Waals surface area contributed by atoms with Gasteiger partial charge in [0.05, 0.1) is 5.69 Å². The van der Waals surface area contributed by atoms with Crippen molar-refractivity contribution in [2.24, 2.45) is 0 Å². The molecule has 3 aromatic rings. The lowest BCUT2D eigenvalue weighted by Gasteiger charge is -2.11. The van der Waals surface area contributed by atoms with Gasteiger partial charge in [0.1, 0.15) is 18.3 Å². The predicted molar refractivity (Wildman–Crippen MR) is 93.4 cm³/mol. The lowest BCUT2D eigenvalue weighted by molar-refractivity contribution is -0.119. The Hall–Kier alpha value is -3.29.